The molecular weight excluding hydrogens is 258 g/mol. The lowest BCUT2D eigenvalue weighted by Gasteiger charge is -2.33. The first-order valence-corrected chi connectivity index (χ1v) is 6.61. The second-order valence-corrected chi connectivity index (χ2v) is 5.24. The highest BCUT2D eigenvalue weighted by atomic mass is 16.6. The first kappa shape index (κ1) is 14.2. The van der Waals surface area contributed by atoms with Crippen molar-refractivity contribution in [3.63, 3.8) is 0 Å². The number of anilines is 1. The number of nitrogens with zero attached hydrogens (tertiary/aromatic N) is 3. The summed E-state index contributed by atoms with van der Waals surface area (Å²) in [6.45, 7) is 0.520. The van der Waals surface area contributed by atoms with E-state index in [1.165, 1.54) is 12.5 Å². The van der Waals surface area contributed by atoms with E-state index in [1.807, 2.05) is 6.07 Å². The normalized spacial score (nSPS) is 17.2. The third-order valence-corrected chi connectivity index (χ3v) is 3.66. The molecule has 7 nitrogen and oxygen atoms in total. The van der Waals surface area contributed by atoms with Crippen molar-refractivity contribution < 1.29 is 4.92 Å². The first-order chi connectivity index (χ1) is 9.54. The van der Waals surface area contributed by atoms with E-state index < -0.39 is 4.92 Å². The standard InChI is InChI=1S/C13H17N5O2/c14-7-10-6-11(18(19)20)8-16-12(10)17-9-13(15)4-2-1-3-5-13/h6,8H,1-5,9,15H2,(H,16,17). The Labute approximate surface area is 117 Å². The number of nitriles is 1. The Hall–Kier alpha value is -2.20. The van der Waals surface area contributed by atoms with Gasteiger partial charge in [0.25, 0.3) is 5.69 Å². The smallest absolute Gasteiger partial charge is 0.289 e. The molecule has 1 aromatic rings. The Bertz CT molecular complexity index is 546. The number of pyridine rings is 1. The van der Waals surface area contributed by atoms with Crippen molar-refractivity contribution in [1.29, 1.82) is 5.26 Å². The zero-order valence-electron chi connectivity index (χ0n) is 11.1. The summed E-state index contributed by atoms with van der Waals surface area (Å²) in [5, 5.41) is 22.8. The third kappa shape index (κ3) is 3.22. The predicted molar refractivity (Wildman–Crippen MR) is 74.1 cm³/mol. The summed E-state index contributed by atoms with van der Waals surface area (Å²) in [6.07, 6.45) is 6.45. The van der Waals surface area contributed by atoms with E-state index in [2.05, 4.69) is 10.3 Å². The summed E-state index contributed by atoms with van der Waals surface area (Å²) in [5.74, 6) is 0.355. The number of hydrogen-bond donors (Lipinski definition) is 2. The molecule has 1 aromatic heterocycles. The molecule has 1 saturated carbocycles. The van der Waals surface area contributed by atoms with Crippen LogP contribution < -0.4 is 11.1 Å². The van der Waals surface area contributed by atoms with E-state index >= 15 is 0 Å². The van der Waals surface area contributed by atoms with Crippen LogP contribution in [-0.2, 0) is 0 Å². The van der Waals surface area contributed by atoms with Gasteiger partial charge in [0.1, 0.15) is 23.6 Å². The predicted octanol–water partition coefficient (Wildman–Crippen LogP) is 1.93. The van der Waals surface area contributed by atoms with Gasteiger partial charge in [-0.25, -0.2) is 4.98 Å². The molecule has 0 bridgehead atoms. The minimum absolute atomic E-state index is 0.165. The first-order valence-electron chi connectivity index (χ1n) is 6.61. The van der Waals surface area contributed by atoms with E-state index in [1.54, 1.807) is 0 Å². The number of nitrogens with two attached hydrogens (primary N) is 1. The maximum atomic E-state index is 10.7. The molecule has 1 fully saturated rings. The number of nitro groups is 1. The molecule has 106 valence electrons. The SMILES string of the molecule is N#Cc1cc([N+](=O)[O-])cnc1NCC1(N)CCCCC1. The van der Waals surface area contributed by atoms with Gasteiger partial charge in [0, 0.05) is 18.2 Å². The van der Waals surface area contributed by atoms with E-state index in [-0.39, 0.29) is 16.8 Å². The van der Waals surface area contributed by atoms with Crippen molar-refractivity contribution in [3.05, 3.63) is 27.9 Å². The summed E-state index contributed by atoms with van der Waals surface area (Å²) in [5.41, 5.74) is 5.99. The zero-order chi connectivity index (χ0) is 14.6. The van der Waals surface area contributed by atoms with Gasteiger partial charge in [0.2, 0.25) is 0 Å². The van der Waals surface area contributed by atoms with Crippen LogP contribution >= 0.6 is 0 Å². The fraction of sp³-hybridized carbons (Fsp3) is 0.538. The molecule has 0 aromatic carbocycles. The molecule has 7 heteroatoms. The number of aromatic nitrogens is 1. The lowest BCUT2D eigenvalue weighted by molar-refractivity contribution is -0.385. The zero-order valence-corrected chi connectivity index (χ0v) is 11.1. The molecule has 0 aliphatic heterocycles. The summed E-state index contributed by atoms with van der Waals surface area (Å²) in [7, 11) is 0. The maximum Gasteiger partial charge on any atom is 0.289 e. The minimum Gasteiger partial charge on any atom is -0.367 e. The lowest BCUT2D eigenvalue weighted by atomic mass is 9.82. The Kier molecular flexibility index (Phi) is 4.15. The highest BCUT2D eigenvalue weighted by Gasteiger charge is 2.27. The highest BCUT2D eigenvalue weighted by molar-refractivity contribution is 5.55. The topological polar surface area (TPSA) is 118 Å². The Morgan fingerprint density at radius 3 is 2.80 bits per heavy atom. The molecule has 0 amide bonds. The average molecular weight is 275 g/mol. The summed E-state index contributed by atoms with van der Waals surface area (Å²) >= 11 is 0. The molecule has 0 saturated heterocycles. The van der Waals surface area contributed by atoms with Crippen molar-refractivity contribution in [2.45, 2.75) is 37.6 Å². The van der Waals surface area contributed by atoms with Gasteiger partial charge in [0.15, 0.2) is 0 Å². The fourth-order valence-electron chi connectivity index (χ4n) is 2.47. The second kappa shape index (κ2) is 5.84. The number of rotatable bonds is 4. The molecule has 0 unspecified atom stereocenters. The van der Waals surface area contributed by atoms with Gasteiger partial charge in [-0.1, -0.05) is 19.3 Å². The van der Waals surface area contributed by atoms with Crippen molar-refractivity contribution in [2.24, 2.45) is 5.73 Å². The van der Waals surface area contributed by atoms with Crippen LogP contribution in [0.2, 0.25) is 0 Å². The minimum atomic E-state index is -0.566. The van der Waals surface area contributed by atoms with Crippen molar-refractivity contribution >= 4 is 11.5 Å². The summed E-state index contributed by atoms with van der Waals surface area (Å²) < 4.78 is 0. The Morgan fingerprint density at radius 1 is 1.50 bits per heavy atom. The van der Waals surface area contributed by atoms with Crippen LogP contribution in [0, 0.1) is 21.4 Å². The van der Waals surface area contributed by atoms with Gasteiger partial charge < -0.3 is 11.1 Å². The van der Waals surface area contributed by atoms with Crippen LogP contribution in [0.3, 0.4) is 0 Å². The van der Waals surface area contributed by atoms with Crippen molar-refractivity contribution in [2.75, 3.05) is 11.9 Å². The fourth-order valence-corrected chi connectivity index (χ4v) is 2.47. The molecule has 0 atom stereocenters. The van der Waals surface area contributed by atoms with E-state index in [9.17, 15) is 10.1 Å². The van der Waals surface area contributed by atoms with E-state index in [4.69, 9.17) is 11.0 Å². The molecule has 2 rings (SSSR count). The van der Waals surface area contributed by atoms with Crippen LogP contribution in [0.5, 0.6) is 0 Å². The van der Waals surface area contributed by atoms with Gasteiger partial charge in [0.05, 0.1) is 4.92 Å². The average Bonchev–Trinajstić information content (AvgIpc) is 2.45. The molecule has 0 radical (unpaired) electrons. The van der Waals surface area contributed by atoms with Gasteiger partial charge in [-0.2, -0.15) is 5.26 Å². The molecule has 1 heterocycles. The van der Waals surface area contributed by atoms with Gasteiger partial charge in [-0.3, -0.25) is 10.1 Å². The Morgan fingerprint density at radius 2 is 2.20 bits per heavy atom. The van der Waals surface area contributed by atoms with Crippen LogP contribution in [0.4, 0.5) is 11.5 Å². The van der Waals surface area contributed by atoms with Crippen molar-refractivity contribution in [1.82, 2.24) is 4.98 Å². The summed E-state index contributed by atoms with van der Waals surface area (Å²) in [6, 6.07) is 3.14. The third-order valence-electron chi connectivity index (χ3n) is 3.66. The van der Waals surface area contributed by atoms with Gasteiger partial charge in [-0.15, -0.1) is 0 Å². The monoisotopic (exact) mass is 275 g/mol. The van der Waals surface area contributed by atoms with Gasteiger partial charge >= 0.3 is 0 Å². The maximum absolute atomic E-state index is 10.7. The van der Waals surface area contributed by atoms with Gasteiger partial charge in [-0.05, 0) is 12.8 Å². The van der Waals surface area contributed by atoms with E-state index in [0.29, 0.717) is 12.4 Å². The summed E-state index contributed by atoms with van der Waals surface area (Å²) in [4.78, 5) is 14.0. The molecule has 0 spiro atoms. The molecule has 1 aliphatic carbocycles. The number of hydrogen-bond acceptors (Lipinski definition) is 6. The second-order valence-electron chi connectivity index (χ2n) is 5.24. The highest BCUT2D eigenvalue weighted by Crippen LogP contribution is 2.26. The molecule has 3 N–H and O–H groups in total. The Balaban J connectivity index is 2.09. The van der Waals surface area contributed by atoms with Crippen molar-refractivity contribution in [3.8, 4) is 6.07 Å². The van der Waals surface area contributed by atoms with E-state index in [0.717, 1.165) is 31.9 Å². The van der Waals surface area contributed by atoms with Crippen LogP contribution in [0.1, 0.15) is 37.7 Å². The van der Waals surface area contributed by atoms with Crippen LogP contribution in [0.15, 0.2) is 12.3 Å². The molecule has 20 heavy (non-hydrogen) atoms. The largest absolute Gasteiger partial charge is 0.367 e. The van der Waals surface area contributed by atoms with Crippen LogP contribution in [-0.4, -0.2) is 22.0 Å². The quantitative estimate of drug-likeness (QED) is 0.640. The molecule has 1 aliphatic rings. The van der Waals surface area contributed by atoms with Crippen LogP contribution in [0.25, 0.3) is 0 Å². The molecular formula is C13H17N5O2. The lowest BCUT2D eigenvalue weighted by Crippen LogP contribution is -2.47. The number of nitrogens with one attached hydrogen (secondary N) is 1.